The third-order valence-corrected chi connectivity index (χ3v) is 4.55. The minimum Gasteiger partial charge on any atom is -0.459 e. The van der Waals surface area contributed by atoms with Crippen LogP contribution in [-0.2, 0) is 11.3 Å². The molecule has 1 aromatic heterocycles. The molecule has 2 aromatic rings. The summed E-state index contributed by atoms with van der Waals surface area (Å²) in [4.78, 5) is 32.5. The average molecular weight is 511 g/mol. The Bertz CT molecular complexity index is 803. The molecule has 2 heterocycles. The van der Waals surface area contributed by atoms with Crippen molar-refractivity contribution < 1.29 is 14.0 Å². The molecule has 0 atom stereocenters. The van der Waals surface area contributed by atoms with E-state index in [0.29, 0.717) is 44.4 Å². The van der Waals surface area contributed by atoms with Crippen LogP contribution in [0.15, 0.2) is 58.1 Å². The van der Waals surface area contributed by atoms with Gasteiger partial charge in [0.15, 0.2) is 11.7 Å². The Morgan fingerprint density at radius 1 is 1.00 bits per heavy atom. The second-order valence-electron chi connectivity index (χ2n) is 6.42. The average Bonchev–Trinajstić information content (AvgIpc) is 3.28. The minimum absolute atomic E-state index is 0. The van der Waals surface area contributed by atoms with Gasteiger partial charge in [0, 0.05) is 39.8 Å². The molecule has 1 aliphatic rings. The number of nitrogens with zero attached hydrogens (tertiary/aromatic N) is 3. The molecular weight excluding hydrogens is 485 g/mol. The summed E-state index contributed by atoms with van der Waals surface area (Å²) in [6.45, 7) is 3.05. The Balaban J connectivity index is 0.00000300. The van der Waals surface area contributed by atoms with Crippen LogP contribution in [0.3, 0.4) is 0 Å². The molecule has 0 unspecified atom stereocenters. The lowest BCUT2D eigenvalue weighted by Gasteiger charge is -2.36. The van der Waals surface area contributed by atoms with Crippen LogP contribution in [0.5, 0.6) is 0 Å². The lowest BCUT2D eigenvalue weighted by molar-refractivity contribution is -0.120. The van der Waals surface area contributed by atoms with E-state index in [0.717, 1.165) is 5.56 Å². The maximum atomic E-state index is 12.3. The number of halogens is 1. The van der Waals surface area contributed by atoms with Gasteiger partial charge in [-0.05, 0) is 17.7 Å². The summed E-state index contributed by atoms with van der Waals surface area (Å²) in [5.41, 5.74) is 1.05. The number of furan rings is 1. The van der Waals surface area contributed by atoms with Crippen molar-refractivity contribution in [1.82, 2.24) is 20.4 Å². The zero-order chi connectivity index (χ0) is 19.8. The number of carbonyl (C=O) groups is 2. The molecule has 0 radical (unpaired) electrons. The first kappa shape index (κ1) is 22.7. The molecule has 0 bridgehead atoms. The highest BCUT2D eigenvalue weighted by atomic mass is 127. The molecule has 29 heavy (non-hydrogen) atoms. The van der Waals surface area contributed by atoms with Crippen LogP contribution in [0, 0.1) is 0 Å². The van der Waals surface area contributed by atoms with Crippen LogP contribution in [0.1, 0.15) is 16.1 Å². The molecule has 9 heteroatoms. The number of guanidine groups is 1. The van der Waals surface area contributed by atoms with E-state index in [9.17, 15) is 9.59 Å². The Kier molecular flexibility index (Phi) is 8.97. The fourth-order valence-corrected chi connectivity index (χ4v) is 3.03. The van der Waals surface area contributed by atoms with Gasteiger partial charge in [-0.2, -0.15) is 0 Å². The van der Waals surface area contributed by atoms with Crippen molar-refractivity contribution in [2.24, 2.45) is 4.99 Å². The molecule has 8 nitrogen and oxygen atoms in total. The lowest BCUT2D eigenvalue weighted by atomic mass is 10.2. The van der Waals surface area contributed by atoms with Gasteiger partial charge in [-0.1, -0.05) is 30.3 Å². The quantitative estimate of drug-likeness (QED) is 0.361. The molecule has 1 aliphatic heterocycles. The Morgan fingerprint density at radius 2 is 1.69 bits per heavy atom. The highest BCUT2D eigenvalue weighted by Gasteiger charge is 2.25. The highest BCUT2D eigenvalue weighted by molar-refractivity contribution is 14.0. The van der Waals surface area contributed by atoms with E-state index < -0.39 is 0 Å². The topological polar surface area (TPSA) is 90.2 Å². The SMILES string of the molecule is CN=C(NCC(=O)NCc1ccccc1)N1CCN(C(=O)c2ccco2)CC1.I. The van der Waals surface area contributed by atoms with Crippen molar-refractivity contribution >= 4 is 41.8 Å². The second-order valence-corrected chi connectivity index (χ2v) is 6.42. The van der Waals surface area contributed by atoms with Crippen molar-refractivity contribution in [2.45, 2.75) is 6.54 Å². The maximum Gasteiger partial charge on any atom is 0.289 e. The first-order valence-electron chi connectivity index (χ1n) is 9.26. The summed E-state index contributed by atoms with van der Waals surface area (Å²) >= 11 is 0. The van der Waals surface area contributed by atoms with E-state index in [2.05, 4.69) is 15.6 Å². The first-order valence-corrected chi connectivity index (χ1v) is 9.26. The number of amides is 2. The number of benzene rings is 1. The number of carbonyl (C=O) groups excluding carboxylic acids is 2. The summed E-state index contributed by atoms with van der Waals surface area (Å²) < 4.78 is 5.18. The number of hydrogen-bond acceptors (Lipinski definition) is 4. The number of rotatable bonds is 5. The number of nitrogens with one attached hydrogen (secondary N) is 2. The fraction of sp³-hybridized carbons (Fsp3) is 0.350. The normalized spacial score (nSPS) is 14.2. The first-order chi connectivity index (χ1) is 13.7. The molecule has 156 valence electrons. The molecule has 3 rings (SSSR count). The van der Waals surface area contributed by atoms with Crippen LogP contribution in [0.25, 0.3) is 0 Å². The molecule has 0 saturated carbocycles. The van der Waals surface area contributed by atoms with Crippen molar-refractivity contribution in [3.05, 3.63) is 60.1 Å². The smallest absolute Gasteiger partial charge is 0.289 e. The van der Waals surface area contributed by atoms with Gasteiger partial charge in [-0.25, -0.2) is 0 Å². The fourth-order valence-electron chi connectivity index (χ4n) is 3.03. The van der Waals surface area contributed by atoms with Crippen LogP contribution >= 0.6 is 24.0 Å². The summed E-state index contributed by atoms with van der Waals surface area (Å²) in [5, 5.41) is 5.97. The van der Waals surface area contributed by atoms with Crippen LogP contribution in [0.4, 0.5) is 0 Å². The van der Waals surface area contributed by atoms with E-state index in [-0.39, 0.29) is 42.3 Å². The van der Waals surface area contributed by atoms with E-state index in [4.69, 9.17) is 4.42 Å². The molecule has 1 saturated heterocycles. The summed E-state index contributed by atoms with van der Waals surface area (Å²) in [6.07, 6.45) is 1.50. The van der Waals surface area contributed by atoms with Crippen LogP contribution in [-0.4, -0.2) is 67.3 Å². The van der Waals surface area contributed by atoms with Gasteiger partial charge in [0.05, 0.1) is 12.8 Å². The number of piperazine rings is 1. The monoisotopic (exact) mass is 511 g/mol. The van der Waals surface area contributed by atoms with Gasteiger partial charge in [0.25, 0.3) is 5.91 Å². The molecular formula is C20H26IN5O3. The number of aliphatic imine (C=N–C) groups is 1. The Hall–Kier alpha value is -2.56. The number of hydrogen-bond donors (Lipinski definition) is 2. The summed E-state index contributed by atoms with van der Waals surface area (Å²) in [5.74, 6) is 0.801. The molecule has 0 spiro atoms. The zero-order valence-electron chi connectivity index (χ0n) is 16.3. The van der Waals surface area contributed by atoms with Crippen LogP contribution < -0.4 is 10.6 Å². The molecule has 0 aliphatic carbocycles. The van der Waals surface area contributed by atoms with Gasteiger partial charge < -0.3 is 24.9 Å². The van der Waals surface area contributed by atoms with Gasteiger partial charge in [-0.15, -0.1) is 24.0 Å². The molecule has 2 amide bonds. The highest BCUT2D eigenvalue weighted by Crippen LogP contribution is 2.09. The standard InChI is InChI=1S/C20H25N5O3.HI/c1-21-20(23-15-18(26)22-14-16-6-3-2-4-7-16)25-11-9-24(10-12-25)19(27)17-8-5-13-28-17;/h2-8,13H,9-12,14-15H2,1H3,(H,21,23)(H,22,26);1H. The van der Waals surface area contributed by atoms with Crippen molar-refractivity contribution in [3.8, 4) is 0 Å². The Morgan fingerprint density at radius 3 is 2.31 bits per heavy atom. The lowest BCUT2D eigenvalue weighted by Crippen LogP contribution is -2.54. The van der Waals surface area contributed by atoms with Gasteiger partial charge in [0.1, 0.15) is 0 Å². The van der Waals surface area contributed by atoms with E-state index in [1.807, 2.05) is 35.2 Å². The van der Waals surface area contributed by atoms with Crippen molar-refractivity contribution in [2.75, 3.05) is 39.8 Å². The van der Waals surface area contributed by atoms with Gasteiger partial charge in [0.2, 0.25) is 5.91 Å². The zero-order valence-corrected chi connectivity index (χ0v) is 18.7. The Labute approximate surface area is 187 Å². The largest absolute Gasteiger partial charge is 0.459 e. The van der Waals surface area contributed by atoms with Crippen molar-refractivity contribution in [1.29, 1.82) is 0 Å². The molecule has 2 N–H and O–H groups in total. The molecule has 1 aromatic carbocycles. The van der Waals surface area contributed by atoms with Crippen molar-refractivity contribution in [3.63, 3.8) is 0 Å². The predicted molar refractivity (Wildman–Crippen MR) is 121 cm³/mol. The second kappa shape index (κ2) is 11.4. The van der Waals surface area contributed by atoms with Gasteiger partial charge >= 0.3 is 0 Å². The van der Waals surface area contributed by atoms with Gasteiger partial charge in [-0.3, -0.25) is 14.6 Å². The summed E-state index contributed by atoms with van der Waals surface area (Å²) in [7, 11) is 1.69. The van der Waals surface area contributed by atoms with E-state index in [1.54, 1.807) is 24.1 Å². The third-order valence-electron chi connectivity index (χ3n) is 4.55. The van der Waals surface area contributed by atoms with Crippen LogP contribution in [0.2, 0.25) is 0 Å². The maximum absolute atomic E-state index is 12.3. The molecule has 1 fully saturated rings. The predicted octanol–water partition coefficient (Wildman–Crippen LogP) is 1.55. The van der Waals surface area contributed by atoms with E-state index >= 15 is 0 Å². The van der Waals surface area contributed by atoms with E-state index in [1.165, 1.54) is 6.26 Å². The minimum atomic E-state index is -0.104. The third kappa shape index (κ3) is 6.48. The summed E-state index contributed by atoms with van der Waals surface area (Å²) in [6, 6.07) is 13.1.